The number of rotatable bonds is 3. The van der Waals surface area contributed by atoms with Crippen LogP contribution in [0.1, 0.15) is 26.7 Å². The lowest BCUT2D eigenvalue weighted by Gasteiger charge is -2.26. The number of anilines is 1. The fraction of sp³-hybridized carbons (Fsp3) is 0.462. The number of benzene rings is 1. The highest BCUT2D eigenvalue weighted by Crippen LogP contribution is 2.29. The van der Waals surface area contributed by atoms with Crippen LogP contribution in [-0.4, -0.2) is 23.0 Å². The van der Waals surface area contributed by atoms with Crippen LogP contribution in [0.15, 0.2) is 24.3 Å². The Labute approximate surface area is 107 Å². The number of nitrogens with zero attached hydrogens (tertiary/aromatic N) is 1. The molecule has 17 heavy (non-hydrogen) atoms. The molecule has 0 heterocycles. The Balaban J connectivity index is 2.04. The highest BCUT2D eigenvalue weighted by molar-refractivity contribution is 6.30. The average molecular weight is 253 g/mol. The van der Waals surface area contributed by atoms with Crippen molar-refractivity contribution in [2.45, 2.75) is 38.8 Å². The third-order valence-corrected chi connectivity index (χ3v) is 3.04. The van der Waals surface area contributed by atoms with E-state index in [-0.39, 0.29) is 12.1 Å². The van der Waals surface area contributed by atoms with E-state index in [1.54, 1.807) is 12.1 Å². The van der Waals surface area contributed by atoms with Gasteiger partial charge in [0.05, 0.1) is 0 Å². The summed E-state index contributed by atoms with van der Waals surface area (Å²) < 4.78 is 0. The number of halogens is 1. The molecule has 1 aromatic carbocycles. The van der Waals surface area contributed by atoms with E-state index in [0.717, 1.165) is 18.5 Å². The lowest BCUT2D eigenvalue weighted by atomic mass is 10.3. The Morgan fingerprint density at radius 3 is 2.71 bits per heavy atom. The van der Waals surface area contributed by atoms with Gasteiger partial charge >= 0.3 is 6.03 Å². The molecule has 0 radical (unpaired) electrons. The molecular weight excluding hydrogens is 236 g/mol. The second kappa shape index (κ2) is 4.96. The van der Waals surface area contributed by atoms with E-state index in [9.17, 15) is 4.79 Å². The molecule has 1 saturated carbocycles. The predicted octanol–water partition coefficient (Wildman–Crippen LogP) is 3.74. The monoisotopic (exact) mass is 252 g/mol. The molecule has 1 aromatic rings. The van der Waals surface area contributed by atoms with Gasteiger partial charge in [0.15, 0.2) is 0 Å². The van der Waals surface area contributed by atoms with Crippen LogP contribution in [0.5, 0.6) is 0 Å². The Hall–Kier alpha value is -1.22. The van der Waals surface area contributed by atoms with E-state index in [2.05, 4.69) is 5.32 Å². The number of hydrogen-bond acceptors (Lipinski definition) is 1. The quantitative estimate of drug-likeness (QED) is 0.873. The molecular formula is C13H17ClN2O. The zero-order valence-electron chi connectivity index (χ0n) is 10.1. The van der Waals surface area contributed by atoms with Crippen LogP contribution in [-0.2, 0) is 0 Å². The minimum Gasteiger partial charge on any atom is -0.319 e. The summed E-state index contributed by atoms with van der Waals surface area (Å²) in [6, 6.07) is 7.81. The van der Waals surface area contributed by atoms with Gasteiger partial charge in [-0.2, -0.15) is 0 Å². The summed E-state index contributed by atoms with van der Waals surface area (Å²) in [5, 5.41) is 3.52. The first-order chi connectivity index (χ1) is 8.08. The molecule has 2 rings (SSSR count). The average Bonchev–Trinajstić information content (AvgIpc) is 3.01. The smallest absolute Gasteiger partial charge is 0.319 e. The minimum atomic E-state index is -0.0373. The van der Waals surface area contributed by atoms with Crippen molar-refractivity contribution in [1.29, 1.82) is 0 Å². The topological polar surface area (TPSA) is 32.3 Å². The SMILES string of the molecule is CC(C)N(C(=O)Nc1cccc(Cl)c1)C1CC1. The molecule has 92 valence electrons. The van der Waals surface area contributed by atoms with E-state index >= 15 is 0 Å². The molecule has 1 aliphatic rings. The van der Waals surface area contributed by atoms with Gasteiger partial charge in [0.25, 0.3) is 0 Å². The van der Waals surface area contributed by atoms with Gasteiger partial charge in [0.2, 0.25) is 0 Å². The van der Waals surface area contributed by atoms with Gasteiger partial charge in [0.1, 0.15) is 0 Å². The van der Waals surface area contributed by atoms with E-state index in [4.69, 9.17) is 11.6 Å². The number of amides is 2. The normalized spacial score (nSPS) is 14.8. The van der Waals surface area contributed by atoms with E-state index in [1.165, 1.54) is 0 Å². The van der Waals surface area contributed by atoms with Crippen molar-refractivity contribution in [3.63, 3.8) is 0 Å². The Kier molecular flexibility index (Phi) is 3.57. The molecule has 2 amide bonds. The fourth-order valence-corrected chi connectivity index (χ4v) is 2.12. The molecule has 0 aliphatic heterocycles. The maximum Gasteiger partial charge on any atom is 0.322 e. The summed E-state index contributed by atoms with van der Waals surface area (Å²) in [5.41, 5.74) is 0.744. The van der Waals surface area contributed by atoms with Crippen molar-refractivity contribution in [2.24, 2.45) is 0 Å². The van der Waals surface area contributed by atoms with Gasteiger partial charge in [-0.3, -0.25) is 0 Å². The van der Waals surface area contributed by atoms with Gasteiger partial charge in [-0.05, 0) is 44.9 Å². The molecule has 0 spiro atoms. The van der Waals surface area contributed by atoms with Crippen molar-refractivity contribution in [3.8, 4) is 0 Å². The lowest BCUT2D eigenvalue weighted by Crippen LogP contribution is -2.41. The van der Waals surface area contributed by atoms with E-state index in [1.807, 2.05) is 30.9 Å². The maximum atomic E-state index is 12.1. The van der Waals surface area contributed by atoms with Crippen LogP contribution in [0.2, 0.25) is 5.02 Å². The largest absolute Gasteiger partial charge is 0.322 e. The lowest BCUT2D eigenvalue weighted by molar-refractivity contribution is 0.193. The number of carbonyl (C=O) groups is 1. The summed E-state index contributed by atoms with van der Waals surface area (Å²) in [6.45, 7) is 4.08. The summed E-state index contributed by atoms with van der Waals surface area (Å²) in [4.78, 5) is 14.0. The van der Waals surface area contributed by atoms with Crippen LogP contribution in [0, 0.1) is 0 Å². The van der Waals surface area contributed by atoms with Crippen molar-refractivity contribution in [2.75, 3.05) is 5.32 Å². The highest BCUT2D eigenvalue weighted by Gasteiger charge is 2.34. The van der Waals surface area contributed by atoms with E-state index in [0.29, 0.717) is 11.1 Å². The minimum absolute atomic E-state index is 0.0373. The summed E-state index contributed by atoms with van der Waals surface area (Å²) in [7, 11) is 0. The molecule has 1 fully saturated rings. The highest BCUT2D eigenvalue weighted by atomic mass is 35.5. The Morgan fingerprint density at radius 1 is 1.47 bits per heavy atom. The molecule has 4 heteroatoms. The molecule has 1 N–H and O–H groups in total. The third kappa shape index (κ3) is 3.13. The van der Waals surface area contributed by atoms with Crippen molar-refractivity contribution in [3.05, 3.63) is 29.3 Å². The second-order valence-electron chi connectivity index (χ2n) is 4.67. The third-order valence-electron chi connectivity index (χ3n) is 2.81. The molecule has 0 atom stereocenters. The Bertz CT molecular complexity index is 414. The molecule has 3 nitrogen and oxygen atoms in total. The van der Waals surface area contributed by atoms with Crippen LogP contribution in [0.4, 0.5) is 10.5 Å². The summed E-state index contributed by atoms with van der Waals surface area (Å²) in [6.07, 6.45) is 2.22. The molecule has 0 bridgehead atoms. The van der Waals surface area contributed by atoms with E-state index < -0.39 is 0 Å². The van der Waals surface area contributed by atoms with Gasteiger partial charge < -0.3 is 10.2 Å². The number of nitrogens with one attached hydrogen (secondary N) is 1. The van der Waals surface area contributed by atoms with Crippen LogP contribution >= 0.6 is 11.6 Å². The van der Waals surface area contributed by atoms with Crippen LogP contribution in [0.25, 0.3) is 0 Å². The first-order valence-corrected chi connectivity index (χ1v) is 6.30. The first kappa shape index (κ1) is 12.2. The maximum absolute atomic E-state index is 12.1. The van der Waals surface area contributed by atoms with Gasteiger partial charge in [-0.15, -0.1) is 0 Å². The van der Waals surface area contributed by atoms with Gasteiger partial charge in [-0.1, -0.05) is 17.7 Å². The van der Waals surface area contributed by atoms with Gasteiger partial charge in [0, 0.05) is 22.8 Å². The summed E-state index contributed by atoms with van der Waals surface area (Å²) in [5.74, 6) is 0. The standard InChI is InChI=1S/C13H17ClN2O/c1-9(2)16(12-6-7-12)13(17)15-11-5-3-4-10(14)8-11/h3-5,8-9,12H,6-7H2,1-2H3,(H,15,17). The van der Waals surface area contributed by atoms with Crippen molar-refractivity contribution < 1.29 is 4.79 Å². The number of hydrogen-bond donors (Lipinski definition) is 1. The first-order valence-electron chi connectivity index (χ1n) is 5.93. The zero-order chi connectivity index (χ0) is 12.4. The van der Waals surface area contributed by atoms with Gasteiger partial charge in [-0.25, -0.2) is 4.79 Å². The van der Waals surface area contributed by atoms with Crippen molar-refractivity contribution in [1.82, 2.24) is 4.90 Å². The fourth-order valence-electron chi connectivity index (χ4n) is 1.93. The zero-order valence-corrected chi connectivity index (χ0v) is 10.9. The van der Waals surface area contributed by atoms with Crippen molar-refractivity contribution >= 4 is 23.3 Å². The molecule has 0 unspecified atom stereocenters. The second-order valence-corrected chi connectivity index (χ2v) is 5.11. The summed E-state index contributed by atoms with van der Waals surface area (Å²) >= 11 is 5.88. The number of carbonyl (C=O) groups excluding carboxylic acids is 1. The number of urea groups is 1. The predicted molar refractivity (Wildman–Crippen MR) is 70.5 cm³/mol. The van der Waals surface area contributed by atoms with Crippen LogP contribution in [0.3, 0.4) is 0 Å². The molecule has 0 saturated heterocycles. The molecule has 1 aliphatic carbocycles. The Morgan fingerprint density at radius 2 is 2.18 bits per heavy atom. The van der Waals surface area contributed by atoms with Crippen LogP contribution < -0.4 is 5.32 Å². The molecule has 0 aromatic heterocycles.